The van der Waals surface area contributed by atoms with E-state index in [2.05, 4.69) is 72.3 Å². The van der Waals surface area contributed by atoms with Gasteiger partial charge in [-0.25, -0.2) is 0 Å². The van der Waals surface area contributed by atoms with Crippen LogP contribution >= 0.6 is 0 Å². The van der Waals surface area contributed by atoms with Crippen molar-refractivity contribution < 1.29 is 0 Å². The number of nitrogens with zero attached hydrogens (tertiary/aromatic N) is 1. The van der Waals surface area contributed by atoms with Crippen molar-refractivity contribution in [3.63, 3.8) is 0 Å². The Bertz CT molecular complexity index is 1000. The molecule has 1 atom stereocenters. The van der Waals surface area contributed by atoms with Gasteiger partial charge in [0.2, 0.25) is 0 Å². The minimum absolute atomic E-state index is 0.0731. The Kier molecular flexibility index (Phi) is 8.65. The minimum atomic E-state index is 0.0731. The molecule has 0 aliphatic heterocycles. The van der Waals surface area contributed by atoms with Crippen LogP contribution in [0.1, 0.15) is 37.8 Å². The number of allylic oxidation sites excluding steroid dienone is 6. The monoisotopic (exact) mass is 382 g/mol. The van der Waals surface area contributed by atoms with Crippen molar-refractivity contribution in [3.05, 3.63) is 120 Å². The van der Waals surface area contributed by atoms with Gasteiger partial charge >= 0.3 is 0 Å². The van der Waals surface area contributed by atoms with Crippen LogP contribution in [0.4, 0.5) is 0 Å². The lowest BCUT2D eigenvalue weighted by atomic mass is 9.89. The van der Waals surface area contributed by atoms with Crippen LogP contribution in [0, 0.1) is 0 Å². The normalized spacial score (nSPS) is 13.1. The summed E-state index contributed by atoms with van der Waals surface area (Å²) in [7, 11) is 0. The molecule has 2 nitrogen and oxygen atoms in total. The zero-order chi connectivity index (χ0) is 21.1. The molecule has 2 heteroatoms. The SMILES string of the molecule is C=C/C(=C\C=C\c1cccc2cccnc12)C(/C=C(/C)N)c1ccccc1.CC. The Morgan fingerprint density at radius 3 is 2.41 bits per heavy atom. The molecule has 3 aromatic rings. The van der Waals surface area contributed by atoms with E-state index in [9.17, 15) is 0 Å². The zero-order valence-corrected chi connectivity index (χ0v) is 17.5. The number of para-hydroxylation sites is 1. The first kappa shape index (κ1) is 21.9. The number of fused-ring (bicyclic) bond motifs is 1. The lowest BCUT2D eigenvalue weighted by Gasteiger charge is -2.15. The predicted molar refractivity (Wildman–Crippen MR) is 128 cm³/mol. The first-order valence-electron chi connectivity index (χ1n) is 10.0. The molecule has 0 saturated carbocycles. The molecule has 0 radical (unpaired) electrons. The van der Waals surface area contributed by atoms with Crippen molar-refractivity contribution in [3.8, 4) is 0 Å². The summed E-state index contributed by atoms with van der Waals surface area (Å²) in [6.07, 6.45) is 12.0. The van der Waals surface area contributed by atoms with Gasteiger partial charge in [0.25, 0.3) is 0 Å². The smallest absolute Gasteiger partial charge is 0.0774 e. The molecule has 2 aromatic carbocycles. The maximum absolute atomic E-state index is 5.98. The summed E-state index contributed by atoms with van der Waals surface area (Å²) < 4.78 is 0. The topological polar surface area (TPSA) is 38.9 Å². The second-order valence-corrected chi connectivity index (χ2v) is 6.45. The molecule has 0 fully saturated rings. The van der Waals surface area contributed by atoms with E-state index in [4.69, 9.17) is 5.73 Å². The van der Waals surface area contributed by atoms with E-state index in [1.165, 1.54) is 5.56 Å². The Morgan fingerprint density at radius 2 is 1.72 bits per heavy atom. The highest BCUT2D eigenvalue weighted by Gasteiger charge is 2.11. The van der Waals surface area contributed by atoms with Gasteiger partial charge in [-0.2, -0.15) is 0 Å². The van der Waals surface area contributed by atoms with Crippen LogP contribution in [0.25, 0.3) is 17.0 Å². The number of pyridine rings is 1. The molecule has 2 N–H and O–H groups in total. The predicted octanol–water partition coefficient (Wildman–Crippen LogP) is 7.03. The highest BCUT2D eigenvalue weighted by Crippen LogP contribution is 2.27. The Hall–Kier alpha value is -3.39. The van der Waals surface area contributed by atoms with E-state index in [1.54, 1.807) is 0 Å². The summed E-state index contributed by atoms with van der Waals surface area (Å²) in [6.45, 7) is 9.92. The molecule has 0 saturated heterocycles. The number of rotatable bonds is 6. The standard InChI is InChI=1S/C25H24N2.C2H6/c1-3-20(24(18-19(2)26)21-10-5-4-6-11-21)12-7-13-22-14-8-15-23-16-9-17-27-25(22)23;1-2/h3-18,24H,1,26H2,2H3;1-2H3/b13-7+,19-18-,20-12+;. The third kappa shape index (κ3) is 6.05. The van der Waals surface area contributed by atoms with Crippen molar-refractivity contribution in [1.29, 1.82) is 0 Å². The van der Waals surface area contributed by atoms with Gasteiger partial charge in [-0.1, -0.05) is 105 Å². The summed E-state index contributed by atoms with van der Waals surface area (Å²) >= 11 is 0. The molecule has 0 bridgehead atoms. The van der Waals surface area contributed by atoms with Crippen molar-refractivity contribution in [2.45, 2.75) is 26.7 Å². The Balaban J connectivity index is 0.00000145. The summed E-state index contributed by atoms with van der Waals surface area (Å²) in [5, 5.41) is 1.14. The molecule has 148 valence electrons. The van der Waals surface area contributed by atoms with Crippen LogP contribution in [-0.2, 0) is 0 Å². The summed E-state index contributed by atoms with van der Waals surface area (Å²) in [5.41, 5.74) is 11.1. The quantitative estimate of drug-likeness (QED) is 0.465. The van der Waals surface area contributed by atoms with E-state index >= 15 is 0 Å². The van der Waals surface area contributed by atoms with Crippen molar-refractivity contribution in [2.75, 3.05) is 0 Å². The van der Waals surface area contributed by atoms with Gasteiger partial charge < -0.3 is 5.73 Å². The molecule has 0 amide bonds. The fourth-order valence-corrected chi connectivity index (χ4v) is 3.13. The second-order valence-electron chi connectivity index (χ2n) is 6.45. The van der Waals surface area contributed by atoms with Crippen LogP contribution in [0.15, 0.2) is 109 Å². The molecule has 1 heterocycles. The largest absolute Gasteiger partial charge is 0.402 e. The highest BCUT2D eigenvalue weighted by molar-refractivity contribution is 5.87. The Morgan fingerprint density at radius 1 is 1.00 bits per heavy atom. The zero-order valence-electron chi connectivity index (χ0n) is 17.5. The Labute approximate surface area is 174 Å². The van der Waals surface area contributed by atoms with Gasteiger partial charge in [-0.3, -0.25) is 4.98 Å². The lowest BCUT2D eigenvalue weighted by Crippen LogP contribution is -2.02. The molecular formula is C27H30N2. The molecule has 0 spiro atoms. The van der Waals surface area contributed by atoms with Crippen molar-refractivity contribution in [1.82, 2.24) is 4.98 Å². The molecular weight excluding hydrogens is 352 g/mol. The van der Waals surface area contributed by atoms with Gasteiger partial charge in [0.1, 0.15) is 0 Å². The minimum Gasteiger partial charge on any atom is -0.402 e. The van der Waals surface area contributed by atoms with Gasteiger partial charge in [0.15, 0.2) is 0 Å². The number of nitrogens with two attached hydrogens (primary N) is 1. The van der Waals surface area contributed by atoms with Gasteiger partial charge in [0, 0.05) is 28.8 Å². The molecule has 1 aromatic heterocycles. The van der Waals surface area contributed by atoms with Gasteiger partial charge in [0.05, 0.1) is 5.52 Å². The second kappa shape index (κ2) is 11.5. The van der Waals surface area contributed by atoms with E-state index in [1.807, 2.05) is 57.3 Å². The average Bonchev–Trinajstić information content (AvgIpc) is 2.77. The fourth-order valence-electron chi connectivity index (χ4n) is 3.13. The van der Waals surface area contributed by atoms with Crippen molar-refractivity contribution >= 4 is 17.0 Å². The molecule has 1 unspecified atom stereocenters. The maximum atomic E-state index is 5.98. The fraction of sp³-hybridized carbons (Fsp3) is 0.148. The van der Waals surface area contributed by atoms with Crippen LogP contribution in [0.2, 0.25) is 0 Å². The van der Waals surface area contributed by atoms with Crippen LogP contribution < -0.4 is 5.73 Å². The number of aromatic nitrogens is 1. The van der Waals surface area contributed by atoms with E-state index in [-0.39, 0.29) is 5.92 Å². The third-order valence-electron chi connectivity index (χ3n) is 4.41. The highest BCUT2D eigenvalue weighted by atomic mass is 14.6. The maximum Gasteiger partial charge on any atom is 0.0774 e. The first-order chi connectivity index (χ1) is 14.2. The number of hydrogen-bond donors (Lipinski definition) is 1. The molecule has 0 aliphatic rings. The molecule has 0 aliphatic carbocycles. The number of benzene rings is 2. The number of hydrogen-bond acceptors (Lipinski definition) is 2. The lowest BCUT2D eigenvalue weighted by molar-refractivity contribution is 1.00. The average molecular weight is 383 g/mol. The van der Waals surface area contributed by atoms with Crippen LogP contribution in [-0.4, -0.2) is 4.98 Å². The third-order valence-corrected chi connectivity index (χ3v) is 4.41. The van der Waals surface area contributed by atoms with E-state index < -0.39 is 0 Å². The molecule has 29 heavy (non-hydrogen) atoms. The van der Waals surface area contributed by atoms with Crippen molar-refractivity contribution in [2.24, 2.45) is 5.73 Å². The van der Waals surface area contributed by atoms with E-state index in [0.29, 0.717) is 0 Å². The van der Waals surface area contributed by atoms with Gasteiger partial charge in [-0.15, -0.1) is 0 Å². The van der Waals surface area contributed by atoms with E-state index in [0.717, 1.165) is 27.7 Å². The summed E-state index contributed by atoms with van der Waals surface area (Å²) in [6, 6.07) is 20.6. The summed E-state index contributed by atoms with van der Waals surface area (Å²) in [5.74, 6) is 0.0731. The van der Waals surface area contributed by atoms with Gasteiger partial charge in [-0.05, 0) is 24.1 Å². The van der Waals surface area contributed by atoms with Crippen LogP contribution in [0.3, 0.4) is 0 Å². The molecule has 3 rings (SSSR count). The summed E-state index contributed by atoms with van der Waals surface area (Å²) in [4.78, 5) is 4.50. The van der Waals surface area contributed by atoms with Crippen LogP contribution in [0.5, 0.6) is 0 Å². The first-order valence-corrected chi connectivity index (χ1v) is 10.0.